The number of aromatic nitrogens is 4. The average molecular weight is 534 g/mol. The molecule has 2 atom stereocenters. The molecule has 5 heterocycles. The van der Waals surface area contributed by atoms with Gasteiger partial charge < -0.3 is 24.8 Å². The molecule has 38 heavy (non-hydrogen) atoms. The van der Waals surface area contributed by atoms with Gasteiger partial charge in [-0.15, -0.1) is 0 Å². The summed E-state index contributed by atoms with van der Waals surface area (Å²) in [7, 11) is 0. The zero-order valence-electron chi connectivity index (χ0n) is 21.8. The van der Waals surface area contributed by atoms with Crippen molar-refractivity contribution >= 4 is 11.6 Å². The van der Waals surface area contributed by atoms with Gasteiger partial charge in [0.1, 0.15) is 30.0 Å². The molecular weight excluding hydrogens is 495 g/mol. The third-order valence-electron chi connectivity index (χ3n) is 8.98. The second kappa shape index (κ2) is 10.6. The highest BCUT2D eigenvalue weighted by atomic mass is 19.4. The van der Waals surface area contributed by atoms with Crippen molar-refractivity contribution in [3.8, 4) is 0 Å². The van der Waals surface area contributed by atoms with Gasteiger partial charge in [0.15, 0.2) is 0 Å². The van der Waals surface area contributed by atoms with Crippen LogP contribution in [0, 0.1) is 0 Å². The normalized spacial score (nSPS) is 25.6. The highest BCUT2D eigenvalue weighted by molar-refractivity contribution is 5.63. The monoisotopic (exact) mass is 533 g/mol. The number of nitrogens with zero attached hydrogens (tertiary/aromatic N) is 6. The number of anilines is 2. The van der Waals surface area contributed by atoms with Crippen LogP contribution in [0.25, 0.3) is 0 Å². The lowest BCUT2D eigenvalue weighted by Crippen LogP contribution is -2.39. The van der Waals surface area contributed by atoms with Crippen LogP contribution in [0.5, 0.6) is 0 Å². The number of halogens is 3. The summed E-state index contributed by atoms with van der Waals surface area (Å²) in [6, 6.07) is 0. The van der Waals surface area contributed by atoms with Crippen LogP contribution in [0.15, 0.2) is 12.5 Å². The molecule has 0 radical (unpaired) electrons. The van der Waals surface area contributed by atoms with Gasteiger partial charge in [-0.1, -0.05) is 12.8 Å². The van der Waals surface area contributed by atoms with Crippen molar-refractivity contribution < 1.29 is 18.3 Å². The van der Waals surface area contributed by atoms with E-state index in [0.29, 0.717) is 24.8 Å². The lowest BCUT2D eigenvalue weighted by molar-refractivity contribution is -0.157. The van der Waals surface area contributed by atoms with Crippen LogP contribution < -0.4 is 10.2 Å². The van der Waals surface area contributed by atoms with Gasteiger partial charge in [-0.2, -0.15) is 13.2 Å². The average Bonchev–Trinajstić information content (AvgIpc) is 3.68. The Morgan fingerprint density at radius 2 is 1.66 bits per heavy atom. The Balaban J connectivity index is 1.20. The van der Waals surface area contributed by atoms with Crippen molar-refractivity contribution in [2.75, 3.05) is 42.9 Å². The molecule has 2 aromatic heterocycles. The quantitative estimate of drug-likeness (QED) is 0.562. The van der Waals surface area contributed by atoms with Crippen LogP contribution >= 0.6 is 0 Å². The summed E-state index contributed by atoms with van der Waals surface area (Å²) in [6.07, 6.45) is 6.53. The molecule has 8 nitrogen and oxygen atoms in total. The fraction of sp³-hybridized carbons (Fsp3) is 0.741. The summed E-state index contributed by atoms with van der Waals surface area (Å²) < 4.78 is 44.2. The molecule has 4 aliphatic rings. The molecule has 2 N–H and O–H groups in total. The molecule has 0 aromatic carbocycles. The van der Waals surface area contributed by atoms with E-state index in [1.807, 2.05) is 4.90 Å². The number of aliphatic hydroxyl groups is 1. The first kappa shape index (κ1) is 25.9. The summed E-state index contributed by atoms with van der Waals surface area (Å²) in [4.78, 5) is 18.0. The second-order valence-electron chi connectivity index (χ2n) is 11.5. The number of alkyl halides is 3. The maximum absolute atomic E-state index is 14.0. The Hall–Kier alpha value is -2.40. The van der Waals surface area contributed by atoms with Crippen LogP contribution in [0.1, 0.15) is 92.6 Å². The molecule has 0 amide bonds. The van der Waals surface area contributed by atoms with Crippen LogP contribution in [-0.2, 0) is 6.54 Å². The molecule has 3 fully saturated rings. The van der Waals surface area contributed by atoms with E-state index in [1.165, 1.54) is 63.6 Å². The van der Waals surface area contributed by atoms with E-state index >= 15 is 0 Å². The van der Waals surface area contributed by atoms with Crippen molar-refractivity contribution in [2.45, 2.75) is 94.5 Å². The lowest BCUT2D eigenvalue weighted by atomic mass is 9.90. The van der Waals surface area contributed by atoms with Crippen LogP contribution in [0.4, 0.5) is 24.8 Å². The number of fused-ring (bicyclic) bond motifs is 1. The van der Waals surface area contributed by atoms with Crippen molar-refractivity contribution in [3.63, 3.8) is 0 Å². The number of hydrogen-bond acceptors (Lipinski definition) is 7. The number of hydrogen-bond donors (Lipinski definition) is 2. The summed E-state index contributed by atoms with van der Waals surface area (Å²) in [5.74, 6) is 0.596. The highest BCUT2D eigenvalue weighted by Gasteiger charge is 2.48. The van der Waals surface area contributed by atoms with Gasteiger partial charge in [0, 0.05) is 56.2 Å². The standard InChI is InChI=1S/C27H38F3N7O/c28-27(29,30)20-15-22(38)34-24-23(20)26(32-17-31-24)36-11-7-19(8-12-36)25-33-21(18-5-1-2-6-18)16-37(25)14-13-35-9-3-4-10-35/h16-20,22,38H,1-15H2,(H,31,32,34)/t20-,22?/m1/s1. The fourth-order valence-corrected chi connectivity index (χ4v) is 6.91. The van der Waals surface area contributed by atoms with Gasteiger partial charge in [0.05, 0.1) is 11.6 Å². The topological polar surface area (TPSA) is 82.3 Å². The first-order valence-corrected chi connectivity index (χ1v) is 14.3. The Kier molecular flexibility index (Phi) is 7.24. The highest BCUT2D eigenvalue weighted by Crippen LogP contribution is 2.47. The van der Waals surface area contributed by atoms with Gasteiger partial charge in [-0.3, -0.25) is 0 Å². The minimum absolute atomic E-state index is 0.0550. The number of imidazole rings is 1. The zero-order valence-corrected chi connectivity index (χ0v) is 21.8. The number of rotatable bonds is 6. The van der Waals surface area contributed by atoms with Crippen LogP contribution in [-0.4, -0.2) is 74.7 Å². The van der Waals surface area contributed by atoms with Gasteiger partial charge in [-0.05, 0) is 51.6 Å². The van der Waals surface area contributed by atoms with Gasteiger partial charge in [0.25, 0.3) is 0 Å². The van der Waals surface area contributed by atoms with E-state index in [1.54, 1.807) is 0 Å². The molecule has 3 aliphatic heterocycles. The number of nitrogens with one attached hydrogen (secondary N) is 1. The first-order chi connectivity index (χ1) is 18.4. The number of piperidine rings is 1. The van der Waals surface area contributed by atoms with E-state index in [2.05, 4.69) is 30.9 Å². The number of aliphatic hydroxyl groups excluding tert-OH is 1. The smallest absolute Gasteiger partial charge is 0.374 e. The van der Waals surface area contributed by atoms with Crippen molar-refractivity contribution in [3.05, 3.63) is 29.6 Å². The third kappa shape index (κ3) is 5.23. The van der Waals surface area contributed by atoms with E-state index in [9.17, 15) is 18.3 Å². The molecule has 1 saturated carbocycles. The summed E-state index contributed by atoms with van der Waals surface area (Å²) >= 11 is 0. The third-order valence-corrected chi connectivity index (χ3v) is 8.98. The molecule has 0 bridgehead atoms. The molecule has 6 rings (SSSR count). The minimum atomic E-state index is -4.48. The predicted octanol–water partition coefficient (Wildman–Crippen LogP) is 4.59. The van der Waals surface area contributed by atoms with E-state index in [4.69, 9.17) is 4.98 Å². The molecule has 1 aliphatic carbocycles. The predicted molar refractivity (Wildman–Crippen MR) is 138 cm³/mol. The minimum Gasteiger partial charge on any atom is -0.374 e. The van der Waals surface area contributed by atoms with Gasteiger partial charge >= 0.3 is 6.18 Å². The van der Waals surface area contributed by atoms with Gasteiger partial charge in [0.2, 0.25) is 0 Å². The summed E-state index contributed by atoms with van der Waals surface area (Å²) in [6.45, 7) is 5.54. The first-order valence-electron chi connectivity index (χ1n) is 14.3. The van der Waals surface area contributed by atoms with E-state index in [-0.39, 0.29) is 17.3 Å². The molecule has 1 unspecified atom stereocenters. The molecule has 2 aromatic rings. The van der Waals surface area contributed by atoms with Crippen molar-refractivity contribution in [2.24, 2.45) is 0 Å². The van der Waals surface area contributed by atoms with E-state index < -0.39 is 24.7 Å². The van der Waals surface area contributed by atoms with Crippen molar-refractivity contribution in [1.29, 1.82) is 0 Å². The lowest BCUT2D eigenvalue weighted by Gasteiger charge is -2.37. The SMILES string of the molecule is OC1C[C@@H](C(F)(F)F)c2c(ncnc2N2CCC(c3nc(C4CCCC4)cn3CCN3CCCC3)CC2)N1. The maximum Gasteiger partial charge on any atom is 0.396 e. The largest absolute Gasteiger partial charge is 0.396 e. The van der Waals surface area contributed by atoms with E-state index in [0.717, 1.165) is 31.8 Å². The van der Waals surface area contributed by atoms with Crippen molar-refractivity contribution in [1.82, 2.24) is 24.4 Å². The Morgan fingerprint density at radius 3 is 2.37 bits per heavy atom. The van der Waals surface area contributed by atoms with Crippen LogP contribution in [0.3, 0.4) is 0 Å². The maximum atomic E-state index is 14.0. The zero-order chi connectivity index (χ0) is 26.3. The molecule has 0 spiro atoms. The van der Waals surface area contributed by atoms with Crippen LogP contribution in [0.2, 0.25) is 0 Å². The Labute approximate surface area is 221 Å². The fourth-order valence-electron chi connectivity index (χ4n) is 6.91. The molecule has 2 saturated heterocycles. The summed E-state index contributed by atoms with van der Waals surface area (Å²) in [5.41, 5.74) is 1.28. The Morgan fingerprint density at radius 1 is 0.921 bits per heavy atom. The Bertz CT molecular complexity index is 1100. The second-order valence-corrected chi connectivity index (χ2v) is 11.5. The number of likely N-dealkylation sites (tertiary alicyclic amines) is 1. The molecular formula is C27H38F3N7O. The molecule has 208 valence electrons. The molecule has 11 heteroatoms. The van der Waals surface area contributed by atoms with Gasteiger partial charge in [-0.25, -0.2) is 15.0 Å². The summed E-state index contributed by atoms with van der Waals surface area (Å²) in [5, 5.41) is 12.7.